The largest absolute Gasteiger partial charge is 0.383 e. The monoisotopic (exact) mass is 271 g/mol. The Bertz CT molecular complexity index is 794. The number of hydrogen-bond acceptors (Lipinski definition) is 4. The first kappa shape index (κ1) is 12.5. The molecule has 3 rings (SSSR count). The van der Waals surface area contributed by atoms with Gasteiger partial charge < -0.3 is 10.7 Å². The summed E-state index contributed by atoms with van der Waals surface area (Å²) < 4.78 is 14.0. The minimum absolute atomic E-state index is 0.277. The van der Waals surface area contributed by atoms with Gasteiger partial charge in [0, 0.05) is 6.20 Å². The number of pyridine rings is 1. The Morgan fingerprint density at radius 2 is 2.15 bits per heavy atom. The number of aryl methyl sites for hydroxylation is 2. The summed E-state index contributed by atoms with van der Waals surface area (Å²) >= 11 is 0. The maximum Gasteiger partial charge on any atom is 0.151 e. The van der Waals surface area contributed by atoms with Crippen LogP contribution in [0.15, 0.2) is 18.3 Å². The first-order chi connectivity index (χ1) is 9.61. The Morgan fingerprint density at radius 3 is 2.85 bits per heavy atom. The fourth-order valence-corrected chi connectivity index (χ4v) is 2.43. The fourth-order valence-electron chi connectivity index (χ4n) is 2.43. The molecule has 20 heavy (non-hydrogen) atoms. The van der Waals surface area contributed by atoms with E-state index in [0.717, 1.165) is 10.9 Å². The first-order valence-electron chi connectivity index (χ1n) is 6.37. The lowest BCUT2D eigenvalue weighted by atomic mass is 10.1. The Kier molecular flexibility index (Phi) is 2.85. The predicted octanol–water partition coefficient (Wildman–Crippen LogP) is 2.61. The molecule has 0 saturated carbocycles. The van der Waals surface area contributed by atoms with Crippen LogP contribution in [-0.4, -0.2) is 19.9 Å². The second-order valence-corrected chi connectivity index (χ2v) is 4.55. The molecular formula is C14H14FN5. The molecule has 0 aliphatic rings. The van der Waals surface area contributed by atoms with Gasteiger partial charge in [-0.15, -0.1) is 0 Å². The number of H-pyrrole nitrogens is 1. The van der Waals surface area contributed by atoms with E-state index in [1.54, 1.807) is 19.2 Å². The van der Waals surface area contributed by atoms with Crippen LogP contribution in [0.4, 0.5) is 10.2 Å². The number of hydrogen-bond donors (Lipinski definition) is 2. The number of anilines is 1. The van der Waals surface area contributed by atoms with Crippen LogP contribution in [0.1, 0.15) is 18.3 Å². The van der Waals surface area contributed by atoms with E-state index in [0.29, 0.717) is 29.4 Å². The molecule has 3 heterocycles. The van der Waals surface area contributed by atoms with Crippen molar-refractivity contribution < 1.29 is 4.39 Å². The topological polar surface area (TPSA) is 80.5 Å². The maximum absolute atomic E-state index is 14.0. The second kappa shape index (κ2) is 4.56. The van der Waals surface area contributed by atoms with Crippen molar-refractivity contribution >= 4 is 16.9 Å². The number of halogens is 1. The van der Waals surface area contributed by atoms with E-state index in [1.165, 1.54) is 6.07 Å². The van der Waals surface area contributed by atoms with E-state index >= 15 is 0 Å². The number of nitrogens with two attached hydrogens (primary N) is 1. The van der Waals surface area contributed by atoms with Crippen LogP contribution in [-0.2, 0) is 6.42 Å². The molecule has 102 valence electrons. The van der Waals surface area contributed by atoms with Crippen LogP contribution in [0.25, 0.3) is 22.4 Å². The minimum atomic E-state index is -0.378. The van der Waals surface area contributed by atoms with Crippen LogP contribution in [0.2, 0.25) is 0 Å². The molecule has 6 heteroatoms. The molecule has 0 saturated heterocycles. The molecule has 0 radical (unpaired) electrons. The lowest BCUT2D eigenvalue weighted by Gasteiger charge is -2.03. The summed E-state index contributed by atoms with van der Waals surface area (Å²) in [4.78, 5) is 15.7. The predicted molar refractivity (Wildman–Crippen MR) is 75.6 cm³/mol. The summed E-state index contributed by atoms with van der Waals surface area (Å²) in [6.45, 7) is 3.75. The van der Waals surface area contributed by atoms with E-state index in [2.05, 4.69) is 19.9 Å². The zero-order valence-corrected chi connectivity index (χ0v) is 11.2. The van der Waals surface area contributed by atoms with E-state index in [-0.39, 0.29) is 11.5 Å². The van der Waals surface area contributed by atoms with Crippen molar-refractivity contribution in [3.05, 3.63) is 35.5 Å². The number of rotatable bonds is 2. The summed E-state index contributed by atoms with van der Waals surface area (Å²) in [5.41, 5.74) is 8.37. The van der Waals surface area contributed by atoms with Crippen molar-refractivity contribution in [3.63, 3.8) is 0 Å². The average Bonchev–Trinajstić information content (AvgIpc) is 2.77. The van der Waals surface area contributed by atoms with Crippen LogP contribution >= 0.6 is 0 Å². The highest BCUT2D eigenvalue weighted by molar-refractivity contribution is 5.94. The first-order valence-corrected chi connectivity index (χ1v) is 6.37. The summed E-state index contributed by atoms with van der Waals surface area (Å²) in [6.07, 6.45) is 2.24. The third kappa shape index (κ3) is 1.80. The molecule has 0 amide bonds. The van der Waals surface area contributed by atoms with E-state index in [9.17, 15) is 4.39 Å². The molecule has 0 bridgehead atoms. The van der Waals surface area contributed by atoms with Gasteiger partial charge in [-0.25, -0.2) is 14.4 Å². The molecule has 0 fully saturated rings. The van der Waals surface area contributed by atoms with Crippen LogP contribution in [0.5, 0.6) is 0 Å². The van der Waals surface area contributed by atoms with Crippen LogP contribution < -0.4 is 5.73 Å². The average molecular weight is 271 g/mol. The molecular weight excluding hydrogens is 257 g/mol. The molecule has 3 aromatic rings. The van der Waals surface area contributed by atoms with Crippen molar-refractivity contribution in [2.75, 3.05) is 5.73 Å². The Hall–Kier alpha value is -2.50. The smallest absolute Gasteiger partial charge is 0.151 e. The van der Waals surface area contributed by atoms with E-state index in [4.69, 9.17) is 5.73 Å². The van der Waals surface area contributed by atoms with Crippen molar-refractivity contribution in [3.8, 4) is 11.4 Å². The Labute approximate surface area is 115 Å². The molecule has 0 aliphatic carbocycles. The highest BCUT2D eigenvalue weighted by Gasteiger charge is 2.19. The summed E-state index contributed by atoms with van der Waals surface area (Å²) in [7, 11) is 0. The van der Waals surface area contributed by atoms with Crippen LogP contribution in [0.3, 0.4) is 0 Å². The van der Waals surface area contributed by atoms with Gasteiger partial charge in [0.15, 0.2) is 5.82 Å². The lowest BCUT2D eigenvalue weighted by molar-refractivity contribution is 0.625. The molecule has 0 unspecified atom stereocenters. The lowest BCUT2D eigenvalue weighted by Crippen LogP contribution is -1.97. The molecule has 0 atom stereocenters. The standard InChI is InChI=1S/C14H14FN5/c1-3-8-10-13(16)18-7(2)19-14(10)20-11(8)12-9(15)5-4-6-17-12/h4-6H,3H2,1-2H3,(H3,16,18,19,20). The number of aromatic nitrogens is 4. The van der Waals surface area contributed by atoms with Crippen molar-refractivity contribution in [1.82, 2.24) is 19.9 Å². The minimum Gasteiger partial charge on any atom is -0.383 e. The highest BCUT2D eigenvalue weighted by Crippen LogP contribution is 2.32. The number of nitrogens with zero attached hydrogens (tertiary/aromatic N) is 3. The summed E-state index contributed by atoms with van der Waals surface area (Å²) in [5, 5.41) is 0.748. The van der Waals surface area contributed by atoms with Gasteiger partial charge in [0.2, 0.25) is 0 Å². The summed E-state index contributed by atoms with van der Waals surface area (Å²) in [6, 6.07) is 2.94. The number of aromatic amines is 1. The molecule has 5 nitrogen and oxygen atoms in total. The van der Waals surface area contributed by atoms with Gasteiger partial charge >= 0.3 is 0 Å². The molecule has 0 spiro atoms. The van der Waals surface area contributed by atoms with E-state index in [1.807, 2.05) is 6.92 Å². The third-order valence-electron chi connectivity index (χ3n) is 3.24. The summed E-state index contributed by atoms with van der Waals surface area (Å²) in [5.74, 6) is 0.604. The van der Waals surface area contributed by atoms with E-state index < -0.39 is 0 Å². The van der Waals surface area contributed by atoms with Gasteiger partial charge in [0.05, 0.1) is 11.1 Å². The van der Waals surface area contributed by atoms with Gasteiger partial charge in [-0.1, -0.05) is 6.92 Å². The second-order valence-electron chi connectivity index (χ2n) is 4.55. The fraction of sp³-hybridized carbons (Fsp3) is 0.214. The highest BCUT2D eigenvalue weighted by atomic mass is 19.1. The van der Waals surface area contributed by atoms with Gasteiger partial charge in [0.25, 0.3) is 0 Å². The number of nitrogen functional groups attached to an aromatic ring is 1. The van der Waals surface area contributed by atoms with Gasteiger partial charge in [0.1, 0.15) is 23.0 Å². The SMILES string of the molecule is CCc1c(-c2ncccc2F)[nH]c2nc(C)nc(N)c12. The van der Waals surface area contributed by atoms with Crippen LogP contribution in [0, 0.1) is 12.7 Å². The van der Waals surface area contributed by atoms with Gasteiger partial charge in [-0.2, -0.15) is 0 Å². The number of fused-ring (bicyclic) bond motifs is 1. The zero-order valence-electron chi connectivity index (χ0n) is 11.2. The van der Waals surface area contributed by atoms with Crippen molar-refractivity contribution in [2.45, 2.75) is 20.3 Å². The normalized spacial score (nSPS) is 11.2. The van der Waals surface area contributed by atoms with Gasteiger partial charge in [-0.3, -0.25) is 4.98 Å². The van der Waals surface area contributed by atoms with Gasteiger partial charge in [-0.05, 0) is 31.0 Å². The maximum atomic E-state index is 14.0. The third-order valence-corrected chi connectivity index (χ3v) is 3.24. The van der Waals surface area contributed by atoms with Crippen molar-refractivity contribution in [1.29, 1.82) is 0 Å². The van der Waals surface area contributed by atoms with Crippen molar-refractivity contribution in [2.24, 2.45) is 0 Å². The molecule has 3 aromatic heterocycles. The Balaban J connectivity index is 2.37. The quantitative estimate of drug-likeness (QED) is 0.750. The Morgan fingerprint density at radius 1 is 1.35 bits per heavy atom. The molecule has 0 aliphatic heterocycles. The number of nitrogens with one attached hydrogen (secondary N) is 1. The zero-order chi connectivity index (χ0) is 14.3. The molecule has 3 N–H and O–H groups in total. The molecule has 0 aromatic carbocycles.